The summed E-state index contributed by atoms with van der Waals surface area (Å²) in [4.78, 5) is 15.3. The number of benzene rings is 1. The van der Waals surface area contributed by atoms with E-state index in [0.29, 0.717) is 5.56 Å². The summed E-state index contributed by atoms with van der Waals surface area (Å²) in [5.41, 5.74) is 0.494. The van der Waals surface area contributed by atoms with E-state index >= 15 is 0 Å². The fraction of sp³-hybridized carbons (Fsp3) is 0.308. The number of ketones is 1. The number of rotatable bonds is 6. The fourth-order valence-electron chi connectivity index (χ4n) is 1.65. The maximum absolute atomic E-state index is 12.8. The molecule has 0 aliphatic carbocycles. The molecule has 0 bridgehead atoms. The van der Waals surface area contributed by atoms with E-state index in [1.807, 2.05) is 0 Å². The molecule has 23 heavy (non-hydrogen) atoms. The predicted octanol–water partition coefficient (Wildman–Crippen LogP) is 2.64. The van der Waals surface area contributed by atoms with E-state index in [-0.39, 0.29) is 17.1 Å². The summed E-state index contributed by atoms with van der Waals surface area (Å²) in [6.07, 6.45) is 0. The van der Waals surface area contributed by atoms with Crippen molar-refractivity contribution in [2.75, 3.05) is 11.5 Å². The lowest BCUT2D eigenvalue weighted by atomic mass is 10.1. The van der Waals surface area contributed by atoms with Crippen molar-refractivity contribution in [3.63, 3.8) is 0 Å². The number of carbonyl (C=O) groups is 1. The molecule has 0 atom stereocenters. The normalized spacial score (nSPS) is 12.3. The Kier molecular flexibility index (Phi) is 4.81. The van der Waals surface area contributed by atoms with E-state index in [0.717, 1.165) is 0 Å². The van der Waals surface area contributed by atoms with Gasteiger partial charge in [0.1, 0.15) is 5.75 Å². The van der Waals surface area contributed by atoms with Crippen LogP contribution in [0, 0.1) is 0 Å². The number of alkyl halides is 3. The molecule has 6 nitrogen and oxygen atoms in total. The van der Waals surface area contributed by atoms with Gasteiger partial charge in [0.2, 0.25) is 5.82 Å². The number of aromatic nitrogens is 2. The molecule has 2 rings (SSSR count). The minimum absolute atomic E-state index is 0.125. The number of Topliss-reactive ketones (excluding diaryl/α,β-unsaturated/α-hetero) is 1. The summed E-state index contributed by atoms with van der Waals surface area (Å²) in [5, 5.41) is -0.399. The summed E-state index contributed by atoms with van der Waals surface area (Å²) in [5.74, 6) is -2.44. The van der Waals surface area contributed by atoms with Gasteiger partial charge in [-0.3, -0.25) is 4.79 Å². The predicted molar refractivity (Wildman–Crippen MR) is 78.1 cm³/mol. The van der Waals surface area contributed by atoms with E-state index in [1.165, 1.54) is 31.2 Å². The van der Waals surface area contributed by atoms with Gasteiger partial charge in [-0.2, -0.15) is 13.8 Å². The highest BCUT2D eigenvalue weighted by Crippen LogP contribution is 2.32. The van der Waals surface area contributed by atoms with Crippen molar-refractivity contribution in [1.29, 1.82) is 0 Å². The Balaban J connectivity index is 2.20. The van der Waals surface area contributed by atoms with Crippen LogP contribution in [0.4, 0.5) is 8.78 Å². The maximum atomic E-state index is 12.8. The average molecular weight is 365 g/mol. The van der Waals surface area contributed by atoms with E-state index in [9.17, 15) is 22.0 Å². The summed E-state index contributed by atoms with van der Waals surface area (Å²) >= 11 is 4.77. The molecular weight excluding hydrogens is 354 g/mol. The van der Waals surface area contributed by atoms with Crippen molar-refractivity contribution in [2.24, 2.45) is 0 Å². The van der Waals surface area contributed by atoms with Gasteiger partial charge in [-0.1, -0.05) is 36.3 Å². The molecule has 0 unspecified atom stereocenters. The number of hydrogen-bond acceptors (Lipinski definition) is 6. The molecule has 0 amide bonds. The van der Waals surface area contributed by atoms with Gasteiger partial charge >= 0.3 is 11.3 Å². The van der Waals surface area contributed by atoms with Gasteiger partial charge in [0.25, 0.3) is 0 Å². The lowest BCUT2D eigenvalue weighted by Gasteiger charge is -2.02. The number of nitrogens with zero attached hydrogens (tertiary/aromatic N) is 2. The van der Waals surface area contributed by atoms with Gasteiger partial charge in [0, 0.05) is 16.9 Å². The van der Waals surface area contributed by atoms with Crippen molar-refractivity contribution in [3.05, 3.63) is 35.7 Å². The second-order valence-corrected chi connectivity index (χ2v) is 7.43. The second-order valence-electron chi connectivity index (χ2n) is 4.60. The largest absolute Gasteiger partial charge is 0.400 e. The first-order chi connectivity index (χ1) is 10.6. The van der Waals surface area contributed by atoms with Gasteiger partial charge < -0.3 is 4.52 Å². The third-order valence-corrected chi connectivity index (χ3v) is 4.67. The van der Waals surface area contributed by atoms with Crippen molar-refractivity contribution in [2.45, 2.75) is 12.3 Å². The number of halogens is 3. The van der Waals surface area contributed by atoms with Crippen LogP contribution in [0.3, 0.4) is 0 Å². The Morgan fingerprint density at radius 3 is 2.39 bits per heavy atom. The lowest BCUT2D eigenvalue weighted by Crippen LogP contribution is -2.17. The molecule has 0 saturated heterocycles. The third-order valence-electron chi connectivity index (χ3n) is 2.92. The number of carbonyl (C=O) groups excluding carboxylic acids is 1. The smallest absolute Gasteiger partial charge is 0.331 e. The zero-order chi connectivity index (χ0) is 17.3. The number of sulfone groups is 1. The minimum Gasteiger partial charge on any atom is -0.331 e. The monoisotopic (exact) mass is 364 g/mol. The van der Waals surface area contributed by atoms with Crippen LogP contribution in [-0.4, -0.2) is 35.8 Å². The van der Waals surface area contributed by atoms with Crippen LogP contribution in [0.15, 0.2) is 28.8 Å². The summed E-state index contributed by atoms with van der Waals surface area (Å²) < 4.78 is 52.8. The average Bonchev–Trinajstić information content (AvgIpc) is 2.97. The molecule has 124 valence electrons. The van der Waals surface area contributed by atoms with Crippen molar-refractivity contribution in [3.8, 4) is 11.4 Å². The topological polar surface area (TPSA) is 90.1 Å². The SMILES string of the molecule is CCS(=O)(=O)CC(=O)c1ccc(-c2noc(C(F)(F)Cl)n2)cc1. The highest BCUT2D eigenvalue weighted by molar-refractivity contribution is 7.92. The van der Waals surface area contributed by atoms with Crippen LogP contribution in [0.1, 0.15) is 23.2 Å². The second kappa shape index (κ2) is 6.32. The Bertz CT molecular complexity index is 813. The lowest BCUT2D eigenvalue weighted by molar-refractivity contribution is 0.0551. The minimum atomic E-state index is -3.77. The molecule has 1 aromatic heterocycles. The van der Waals surface area contributed by atoms with Crippen LogP contribution < -0.4 is 0 Å². The van der Waals surface area contributed by atoms with E-state index < -0.39 is 32.6 Å². The Morgan fingerprint density at radius 1 is 1.30 bits per heavy atom. The molecule has 1 aromatic carbocycles. The van der Waals surface area contributed by atoms with Crippen molar-refractivity contribution in [1.82, 2.24) is 10.1 Å². The molecule has 0 aliphatic rings. The van der Waals surface area contributed by atoms with Gasteiger partial charge in [0.15, 0.2) is 15.6 Å². The zero-order valence-electron chi connectivity index (χ0n) is 11.8. The van der Waals surface area contributed by atoms with Gasteiger partial charge in [-0.05, 0) is 11.6 Å². The van der Waals surface area contributed by atoms with Crippen LogP contribution in [0.5, 0.6) is 0 Å². The highest BCUT2D eigenvalue weighted by Gasteiger charge is 2.35. The Morgan fingerprint density at radius 2 is 1.91 bits per heavy atom. The first kappa shape index (κ1) is 17.5. The van der Waals surface area contributed by atoms with Crippen molar-refractivity contribution < 1.29 is 26.5 Å². The number of hydrogen-bond donors (Lipinski definition) is 0. The summed E-state index contributed by atoms with van der Waals surface area (Å²) in [7, 11) is -3.43. The summed E-state index contributed by atoms with van der Waals surface area (Å²) in [6.45, 7) is 1.45. The first-order valence-electron chi connectivity index (χ1n) is 6.37. The van der Waals surface area contributed by atoms with Crippen molar-refractivity contribution >= 4 is 27.2 Å². The zero-order valence-corrected chi connectivity index (χ0v) is 13.4. The van der Waals surface area contributed by atoms with Crippen LogP contribution >= 0.6 is 11.6 Å². The molecular formula is C13H11ClF2N2O4S. The van der Waals surface area contributed by atoms with Gasteiger partial charge in [-0.15, -0.1) is 0 Å². The molecule has 0 spiro atoms. The summed E-state index contributed by atoms with van der Waals surface area (Å²) in [6, 6.07) is 5.51. The van der Waals surface area contributed by atoms with Gasteiger partial charge in [-0.25, -0.2) is 8.42 Å². The Hall–Kier alpha value is -1.87. The quantitative estimate of drug-likeness (QED) is 0.578. The Labute approximate surface area is 135 Å². The van der Waals surface area contributed by atoms with E-state index in [2.05, 4.69) is 14.7 Å². The molecule has 0 saturated carbocycles. The van der Waals surface area contributed by atoms with Gasteiger partial charge in [0.05, 0.1) is 0 Å². The molecule has 10 heteroatoms. The molecule has 2 aromatic rings. The molecule has 0 radical (unpaired) electrons. The highest BCUT2D eigenvalue weighted by atomic mass is 35.5. The van der Waals surface area contributed by atoms with E-state index in [1.54, 1.807) is 0 Å². The molecule has 1 heterocycles. The molecule has 0 fully saturated rings. The standard InChI is InChI=1S/C13H11ClF2N2O4S/c1-2-23(20,21)7-10(19)8-3-5-9(6-4-8)11-17-12(22-18-11)13(14,15)16/h3-6H,2,7H2,1H3. The third kappa shape index (κ3) is 4.32. The van der Waals surface area contributed by atoms with Crippen LogP contribution in [0.2, 0.25) is 0 Å². The maximum Gasteiger partial charge on any atom is 0.400 e. The van der Waals surface area contributed by atoms with Crippen LogP contribution in [0.25, 0.3) is 11.4 Å². The fourth-order valence-corrected chi connectivity index (χ4v) is 2.49. The van der Waals surface area contributed by atoms with E-state index in [4.69, 9.17) is 11.6 Å². The molecule has 0 aliphatic heterocycles. The van der Waals surface area contributed by atoms with Crippen LogP contribution in [-0.2, 0) is 15.2 Å². The molecule has 0 N–H and O–H groups in total. The first-order valence-corrected chi connectivity index (χ1v) is 8.57.